The second kappa shape index (κ2) is 6.66. The highest BCUT2D eigenvalue weighted by Gasteiger charge is 2.29. The third-order valence-corrected chi connectivity index (χ3v) is 4.46. The van der Waals surface area contributed by atoms with E-state index >= 15 is 0 Å². The van der Waals surface area contributed by atoms with Crippen molar-refractivity contribution in [2.24, 2.45) is 0 Å². The summed E-state index contributed by atoms with van der Waals surface area (Å²) in [5.74, 6) is -0.0106. The molecule has 0 aliphatic carbocycles. The van der Waals surface area contributed by atoms with Crippen LogP contribution >= 0.6 is 15.9 Å². The zero-order valence-corrected chi connectivity index (χ0v) is 14.2. The molecule has 1 aromatic carbocycles. The molecule has 0 radical (unpaired) electrons. The summed E-state index contributed by atoms with van der Waals surface area (Å²) in [6, 6.07) is 8.24. The minimum Gasteiger partial charge on any atom is -0.472 e. The van der Waals surface area contributed by atoms with Gasteiger partial charge in [0.05, 0.1) is 11.0 Å². The Hall–Kier alpha value is -1.95. The Kier molecular flexibility index (Phi) is 4.61. The van der Waals surface area contributed by atoms with Gasteiger partial charge in [-0.15, -0.1) is 0 Å². The van der Waals surface area contributed by atoms with Crippen molar-refractivity contribution >= 4 is 21.8 Å². The van der Waals surface area contributed by atoms with Gasteiger partial charge in [0.25, 0.3) is 5.91 Å². The van der Waals surface area contributed by atoms with Gasteiger partial charge >= 0.3 is 0 Å². The predicted molar refractivity (Wildman–Crippen MR) is 88.0 cm³/mol. The van der Waals surface area contributed by atoms with Crippen LogP contribution < -0.4 is 4.74 Å². The summed E-state index contributed by atoms with van der Waals surface area (Å²) in [6.07, 6.45) is 2.27. The Morgan fingerprint density at radius 3 is 3.00 bits per heavy atom. The van der Waals surface area contributed by atoms with Crippen LogP contribution in [0.2, 0.25) is 0 Å². The lowest BCUT2D eigenvalue weighted by molar-refractivity contribution is 0.0770. The summed E-state index contributed by atoms with van der Waals surface area (Å²) in [5, 5.41) is 0. The first kappa shape index (κ1) is 15.9. The molecule has 2 heterocycles. The molecule has 0 saturated carbocycles. The first-order valence-corrected chi connectivity index (χ1v) is 8.16. The van der Waals surface area contributed by atoms with Crippen molar-refractivity contribution in [1.29, 1.82) is 0 Å². The molecule has 6 heteroatoms. The summed E-state index contributed by atoms with van der Waals surface area (Å²) in [4.78, 5) is 18.3. The molecule has 1 aromatic heterocycles. The van der Waals surface area contributed by atoms with E-state index in [-0.39, 0.29) is 17.8 Å². The van der Waals surface area contributed by atoms with E-state index in [1.807, 2.05) is 12.1 Å². The van der Waals surface area contributed by atoms with E-state index in [2.05, 4.69) is 20.9 Å². The van der Waals surface area contributed by atoms with Crippen LogP contribution in [-0.2, 0) is 0 Å². The summed E-state index contributed by atoms with van der Waals surface area (Å²) >= 11 is 3.39. The summed E-state index contributed by atoms with van der Waals surface area (Å²) in [6.45, 7) is 2.73. The molecule has 1 atom stereocenters. The molecule has 1 amide bonds. The van der Waals surface area contributed by atoms with Crippen LogP contribution in [0.4, 0.5) is 4.39 Å². The lowest BCUT2D eigenvalue weighted by Crippen LogP contribution is -2.31. The largest absolute Gasteiger partial charge is 0.472 e. The molecule has 0 N–H and O–H groups in total. The van der Waals surface area contributed by atoms with Gasteiger partial charge in [0.1, 0.15) is 11.9 Å². The molecule has 1 saturated heterocycles. The first-order valence-electron chi connectivity index (χ1n) is 7.37. The van der Waals surface area contributed by atoms with Gasteiger partial charge in [-0.2, -0.15) is 0 Å². The number of nitrogens with zero attached hydrogens (tertiary/aromatic N) is 2. The third kappa shape index (κ3) is 3.52. The van der Waals surface area contributed by atoms with Gasteiger partial charge < -0.3 is 9.64 Å². The summed E-state index contributed by atoms with van der Waals surface area (Å²) in [5.41, 5.74) is 0.900. The predicted octanol–water partition coefficient (Wildman–Crippen LogP) is 3.59. The monoisotopic (exact) mass is 378 g/mol. The van der Waals surface area contributed by atoms with E-state index < -0.39 is 0 Å². The van der Waals surface area contributed by atoms with Crippen LogP contribution in [0.15, 0.2) is 41.0 Å². The number of carbonyl (C=O) groups is 1. The molecule has 120 valence electrons. The van der Waals surface area contributed by atoms with Gasteiger partial charge in [-0.1, -0.05) is 6.07 Å². The highest BCUT2D eigenvalue weighted by molar-refractivity contribution is 9.10. The van der Waals surface area contributed by atoms with Crippen LogP contribution in [0.25, 0.3) is 0 Å². The van der Waals surface area contributed by atoms with Crippen molar-refractivity contribution in [2.75, 3.05) is 13.1 Å². The fourth-order valence-electron chi connectivity index (χ4n) is 2.53. The molecule has 23 heavy (non-hydrogen) atoms. The fourth-order valence-corrected chi connectivity index (χ4v) is 2.88. The molecule has 3 rings (SSSR count). The number of rotatable bonds is 3. The number of aryl methyl sites for hydroxylation is 1. The maximum absolute atomic E-state index is 13.6. The number of benzene rings is 1. The second-order valence-corrected chi connectivity index (χ2v) is 6.39. The van der Waals surface area contributed by atoms with Crippen LogP contribution in [-0.4, -0.2) is 35.0 Å². The quantitative estimate of drug-likeness (QED) is 0.819. The number of halogens is 2. The lowest BCUT2D eigenvalue weighted by atomic mass is 10.1. The van der Waals surface area contributed by atoms with E-state index in [1.54, 1.807) is 30.2 Å². The lowest BCUT2D eigenvalue weighted by Gasteiger charge is -2.17. The molecule has 1 fully saturated rings. The van der Waals surface area contributed by atoms with Gasteiger partial charge in [-0.25, -0.2) is 9.37 Å². The third-order valence-electron chi connectivity index (χ3n) is 3.85. The van der Waals surface area contributed by atoms with Crippen LogP contribution in [0, 0.1) is 12.7 Å². The normalized spacial score (nSPS) is 17.3. The summed E-state index contributed by atoms with van der Waals surface area (Å²) < 4.78 is 20.2. The van der Waals surface area contributed by atoms with Crippen molar-refractivity contribution in [3.05, 3.63) is 57.9 Å². The topological polar surface area (TPSA) is 42.4 Å². The summed E-state index contributed by atoms with van der Waals surface area (Å²) in [7, 11) is 0. The zero-order valence-electron chi connectivity index (χ0n) is 12.6. The smallest absolute Gasteiger partial charge is 0.254 e. The number of hydrogen-bond donors (Lipinski definition) is 0. The highest BCUT2D eigenvalue weighted by Crippen LogP contribution is 2.25. The number of carbonyl (C=O) groups excluding carboxylic acids is 1. The van der Waals surface area contributed by atoms with Crippen molar-refractivity contribution < 1.29 is 13.9 Å². The average Bonchev–Trinajstić information content (AvgIpc) is 3.00. The molecule has 1 aliphatic heterocycles. The molecular formula is C17H16BrFN2O2. The number of ether oxygens (including phenoxy) is 1. The molecule has 0 spiro atoms. The van der Waals surface area contributed by atoms with Crippen molar-refractivity contribution in [2.45, 2.75) is 19.4 Å². The van der Waals surface area contributed by atoms with Crippen LogP contribution in [0.1, 0.15) is 22.3 Å². The number of pyridine rings is 1. The molecular weight excluding hydrogens is 363 g/mol. The van der Waals surface area contributed by atoms with E-state index in [1.165, 1.54) is 6.07 Å². The molecule has 1 unspecified atom stereocenters. The minimum absolute atomic E-state index is 0.111. The zero-order chi connectivity index (χ0) is 16.4. The Balaban J connectivity index is 1.66. The maximum Gasteiger partial charge on any atom is 0.254 e. The molecule has 4 nitrogen and oxygen atoms in total. The van der Waals surface area contributed by atoms with E-state index in [0.717, 1.165) is 10.9 Å². The van der Waals surface area contributed by atoms with Crippen molar-refractivity contribution in [1.82, 2.24) is 9.88 Å². The molecule has 1 aliphatic rings. The van der Waals surface area contributed by atoms with Gasteiger partial charge in [-0.3, -0.25) is 4.79 Å². The highest BCUT2D eigenvalue weighted by atomic mass is 79.9. The average molecular weight is 379 g/mol. The fraction of sp³-hybridized carbons (Fsp3) is 0.294. The molecule has 2 aromatic rings. The SMILES string of the molecule is Cc1ccc(C(=O)N2CCC(Oc3ncccc3Br)C2)cc1F. The minimum atomic E-state index is -0.361. The second-order valence-electron chi connectivity index (χ2n) is 5.53. The number of aromatic nitrogens is 1. The van der Waals surface area contributed by atoms with Gasteiger partial charge in [0.2, 0.25) is 5.88 Å². The standard InChI is InChI=1S/C17H16BrFN2O2/c1-11-4-5-12(9-15(11)19)17(22)21-8-6-13(10-21)23-16-14(18)3-2-7-20-16/h2-5,7,9,13H,6,8,10H2,1H3. The van der Waals surface area contributed by atoms with Gasteiger partial charge in [-0.05, 0) is 52.7 Å². The number of likely N-dealkylation sites (tertiary alicyclic amines) is 1. The van der Waals surface area contributed by atoms with E-state index in [0.29, 0.717) is 30.1 Å². The maximum atomic E-state index is 13.6. The Morgan fingerprint density at radius 1 is 1.43 bits per heavy atom. The Morgan fingerprint density at radius 2 is 2.26 bits per heavy atom. The Bertz CT molecular complexity index is 738. The Labute approximate surface area is 142 Å². The molecule has 0 bridgehead atoms. The number of amides is 1. The van der Waals surface area contributed by atoms with Crippen molar-refractivity contribution in [3.8, 4) is 5.88 Å². The number of hydrogen-bond acceptors (Lipinski definition) is 3. The van der Waals surface area contributed by atoms with E-state index in [9.17, 15) is 9.18 Å². The van der Waals surface area contributed by atoms with Crippen LogP contribution in [0.3, 0.4) is 0 Å². The van der Waals surface area contributed by atoms with Gasteiger partial charge in [0, 0.05) is 24.7 Å². The first-order chi connectivity index (χ1) is 11.0. The van der Waals surface area contributed by atoms with Crippen LogP contribution in [0.5, 0.6) is 5.88 Å². The van der Waals surface area contributed by atoms with Crippen molar-refractivity contribution in [3.63, 3.8) is 0 Å². The van der Waals surface area contributed by atoms with Gasteiger partial charge in [0.15, 0.2) is 0 Å². The van der Waals surface area contributed by atoms with E-state index in [4.69, 9.17) is 4.74 Å².